The summed E-state index contributed by atoms with van der Waals surface area (Å²) in [6.07, 6.45) is 1.49. The third-order valence-electron chi connectivity index (χ3n) is 2.85. The van der Waals surface area contributed by atoms with E-state index >= 15 is 0 Å². The molecule has 2 aromatic rings. The third kappa shape index (κ3) is 3.31. The lowest BCUT2D eigenvalue weighted by molar-refractivity contribution is 0.0779. The number of aromatic nitrogens is 1. The molecule has 1 aromatic carbocycles. The van der Waals surface area contributed by atoms with Gasteiger partial charge in [-0.15, -0.1) is 0 Å². The van der Waals surface area contributed by atoms with Gasteiger partial charge in [0, 0.05) is 13.6 Å². The first-order chi connectivity index (χ1) is 9.06. The zero-order chi connectivity index (χ0) is 13.8. The van der Waals surface area contributed by atoms with E-state index in [1.54, 1.807) is 24.1 Å². The number of nitrogens with zero attached hydrogens (tertiary/aromatic N) is 2. The third-order valence-corrected chi connectivity index (χ3v) is 2.85. The SMILES string of the molecule is Cc1cccc(CN(C)C(=O)c2ccc(N)cn2)c1. The zero-order valence-corrected chi connectivity index (χ0v) is 11.1. The van der Waals surface area contributed by atoms with Crippen molar-refractivity contribution in [2.75, 3.05) is 12.8 Å². The monoisotopic (exact) mass is 255 g/mol. The smallest absolute Gasteiger partial charge is 0.272 e. The molecule has 0 radical (unpaired) electrons. The number of carbonyl (C=O) groups is 1. The van der Waals surface area contributed by atoms with Gasteiger partial charge in [-0.05, 0) is 24.6 Å². The summed E-state index contributed by atoms with van der Waals surface area (Å²) in [6.45, 7) is 2.60. The number of nitrogen functional groups attached to an aromatic ring is 1. The quantitative estimate of drug-likeness (QED) is 0.915. The van der Waals surface area contributed by atoms with Gasteiger partial charge in [-0.1, -0.05) is 29.8 Å². The predicted octanol–water partition coefficient (Wildman–Crippen LogP) is 2.24. The molecule has 0 unspecified atom stereocenters. The standard InChI is InChI=1S/C15H17N3O/c1-11-4-3-5-12(8-11)10-18(2)15(19)14-7-6-13(16)9-17-14/h3-9H,10,16H2,1-2H3. The van der Waals surface area contributed by atoms with Gasteiger partial charge in [0.25, 0.3) is 5.91 Å². The van der Waals surface area contributed by atoms with E-state index in [4.69, 9.17) is 5.73 Å². The summed E-state index contributed by atoms with van der Waals surface area (Å²) in [5, 5.41) is 0. The molecule has 1 heterocycles. The Balaban J connectivity index is 2.09. The Kier molecular flexibility index (Phi) is 3.80. The molecule has 2 N–H and O–H groups in total. The van der Waals surface area contributed by atoms with Crippen LogP contribution in [0.15, 0.2) is 42.6 Å². The summed E-state index contributed by atoms with van der Waals surface area (Å²) in [7, 11) is 1.77. The molecule has 0 atom stereocenters. The number of anilines is 1. The number of carbonyl (C=O) groups excluding carboxylic acids is 1. The summed E-state index contributed by atoms with van der Waals surface area (Å²) < 4.78 is 0. The predicted molar refractivity (Wildman–Crippen MR) is 75.6 cm³/mol. The van der Waals surface area contributed by atoms with Crippen LogP contribution in [0.4, 0.5) is 5.69 Å². The average molecular weight is 255 g/mol. The molecule has 1 amide bonds. The maximum atomic E-state index is 12.2. The van der Waals surface area contributed by atoms with Crippen LogP contribution in [0, 0.1) is 6.92 Å². The number of nitrogens with two attached hydrogens (primary N) is 1. The van der Waals surface area contributed by atoms with Crippen LogP contribution >= 0.6 is 0 Å². The fraction of sp³-hybridized carbons (Fsp3) is 0.200. The van der Waals surface area contributed by atoms with Gasteiger partial charge >= 0.3 is 0 Å². The van der Waals surface area contributed by atoms with Gasteiger partial charge in [-0.2, -0.15) is 0 Å². The highest BCUT2D eigenvalue weighted by molar-refractivity contribution is 5.92. The molecule has 4 nitrogen and oxygen atoms in total. The molecule has 0 saturated heterocycles. The van der Waals surface area contributed by atoms with Crippen LogP contribution in [-0.2, 0) is 6.54 Å². The number of amides is 1. The van der Waals surface area contributed by atoms with Gasteiger partial charge < -0.3 is 10.6 Å². The molecule has 19 heavy (non-hydrogen) atoms. The van der Waals surface area contributed by atoms with Crippen LogP contribution in [0.3, 0.4) is 0 Å². The van der Waals surface area contributed by atoms with Gasteiger partial charge in [-0.3, -0.25) is 4.79 Å². The van der Waals surface area contributed by atoms with E-state index in [1.807, 2.05) is 25.1 Å². The first-order valence-corrected chi connectivity index (χ1v) is 6.09. The number of pyridine rings is 1. The molecule has 4 heteroatoms. The lowest BCUT2D eigenvalue weighted by Crippen LogP contribution is -2.27. The van der Waals surface area contributed by atoms with Crippen molar-refractivity contribution in [3.63, 3.8) is 0 Å². The summed E-state index contributed by atoms with van der Waals surface area (Å²) in [4.78, 5) is 17.9. The van der Waals surface area contributed by atoms with E-state index in [9.17, 15) is 4.79 Å². The number of aryl methyl sites for hydroxylation is 1. The number of rotatable bonds is 3. The molecule has 2 rings (SSSR count). The molecule has 0 aliphatic rings. The van der Waals surface area contributed by atoms with Crippen molar-refractivity contribution in [1.29, 1.82) is 0 Å². The van der Waals surface area contributed by atoms with E-state index in [2.05, 4.69) is 11.1 Å². The molecule has 0 saturated carbocycles. The van der Waals surface area contributed by atoms with Crippen LogP contribution in [0.2, 0.25) is 0 Å². The van der Waals surface area contributed by atoms with Crippen molar-refractivity contribution in [2.24, 2.45) is 0 Å². The van der Waals surface area contributed by atoms with Crippen LogP contribution in [0.1, 0.15) is 21.6 Å². The lowest BCUT2D eigenvalue weighted by Gasteiger charge is -2.17. The van der Waals surface area contributed by atoms with E-state index in [0.29, 0.717) is 17.9 Å². The van der Waals surface area contributed by atoms with E-state index in [-0.39, 0.29) is 5.91 Å². The second-order valence-corrected chi connectivity index (χ2v) is 4.63. The molecule has 1 aromatic heterocycles. The minimum atomic E-state index is -0.110. The Morgan fingerprint density at radius 3 is 2.74 bits per heavy atom. The van der Waals surface area contributed by atoms with Crippen LogP contribution in [-0.4, -0.2) is 22.8 Å². The zero-order valence-electron chi connectivity index (χ0n) is 11.1. The molecule has 98 valence electrons. The van der Waals surface area contributed by atoms with E-state index in [0.717, 1.165) is 5.56 Å². The maximum absolute atomic E-state index is 12.2. The van der Waals surface area contributed by atoms with E-state index < -0.39 is 0 Å². The Morgan fingerprint density at radius 1 is 1.32 bits per heavy atom. The maximum Gasteiger partial charge on any atom is 0.272 e. The lowest BCUT2D eigenvalue weighted by atomic mass is 10.1. The number of benzene rings is 1. The van der Waals surface area contributed by atoms with Crippen molar-refractivity contribution in [1.82, 2.24) is 9.88 Å². The highest BCUT2D eigenvalue weighted by Gasteiger charge is 2.13. The molecule has 0 fully saturated rings. The fourth-order valence-electron chi connectivity index (χ4n) is 1.88. The Bertz CT molecular complexity index is 578. The molecular weight excluding hydrogens is 238 g/mol. The van der Waals surface area contributed by atoms with Gasteiger partial charge in [0.1, 0.15) is 5.69 Å². The van der Waals surface area contributed by atoms with Crippen molar-refractivity contribution < 1.29 is 4.79 Å². The molecule has 0 spiro atoms. The summed E-state index contributed by atoms with van der Waals surface area (Å²) >= 11 is 0. The highest BCUT2D eigenvalue weighted by Crippen LogP contribution is 2.09. The fourth-order valence-corrected chi connectivity index (χ4v) is 1.88. The summed E-state index contributed by atoms with van der Waals surface area (Å²) in [6, 6.07) is 11.4. The van der Waals surface area contributed by atoms with Crippen LogP contribution in [0.25, 0.3) is 0 Å². The Labute approximate surface area is 112 Å². The van der Waals surface area contributed by atoms with Crippen molar-refractivity contribution in [2.45, 2.75) is 13.5 Å². The molecule has 0 aliphatic heterocycles. The first kappa shape index (κ1) is 13.1. The minimum absolute atomic E-state index is 0.110. The molecule has 0 bridgehead atoms. The van der Waals surface area contributed by atoms with Gasteiger partial charge in [0.2, 0.25) is 0 Å². The summed E-state index contributed by atoms with van der Waals surface area (Å²) in [5.74, 6) is -0.110. The number of hydrogen-bond donors (Lipinski definition) is 1. The van der Waals surface area contributed by atoms with Gasteiger partial charge in [0.05, 0.1) is 11.9 Å². The van der Waals surface area contributed by atoms with Crippen molar-refractivity contribution in [3.8, 4) is 0 Å². The van der Waals surface area contributed by atoms with Crippen molar-refractivity contribution in [3.05, 3.63) is 59.4 Å². The second kappa shape index (κ2) is 5.52. The summed E-state index contributed by atoms with van der Waals surface area (Å²) in [5.41, 5.74) is 8.80. The van der Waals surface area contributed by atoms with Crippen LogP contribution in [0.5, 0.6) is 0 Å². The van der Waals surface area contributed by atoms with Crippen LogP contribution < -0.4 is 5.73 Å². The van der Waals surface area contributed by atoms with Gasteiger partial charge in [-0.25, -0.2) is 4.98 Å². The second-order valence-electron chi connectivity index (χ2n) is 4.63. The molecule has 0 aliphatic carbocycles. The van der Waals surface area contributed by atoms with Gasteiger partial charge in [0.15, 0.2) is 0 Å². The van der Waals surface area contributed by atoms with E-state index in [1.165, 1.54) is 11.8 Å². The Hall–Kier alpha value is -2.36. The largest absolute Gasteiger partial charge is 0.397 e. The Morgan fingerprint density at radius 2 is 2.11 bits per heavy atom. The number of hydrogen-bond acceptors (Lipinski definition) is 3. The normalized spacial score (nSPS) is 10.2. The highest BCUT2D eigenvalue weighted by atomic mass is 16.2. The molecular formula is C15H17N3O. The first-order valence-electron chi connectivity index (χ1n) is 6.09. The topological polar surface area (TPSA) is 59.2 Å². The van der Waals surface area contributed by atoms with Crippen molar-refractivity contribution >= 4 is 11.6 Å². The average Bonchev–Trinajstić information content (AvgIpc) is 2.39. The minimum Gasteiger partial charge on any atom is -0.397 e.